The van der Waals surface area contributed by atoms with Crippen LogP contribution in [0.2, 0.25) is 0 Å². The molecule has 0 bridgehead atoms. The van der Waals surface area contributed by atoms with Gasteiger partial charge in [-0.1, -0.05) is 56.3 Å². The third-order valence-electron chi connectivity index (χ3n) is 6.31. The van der Waals surface area contributed by atoms with E-state index in [9.17, 15) is 26.8 Å². The minimum Gasteiger partial charge on any atom is -0.497 e. The number of anilines is 1. The molecule has 3 aromatic carbocycles. The Labute approximate surface area is 240 Å². The lowest BCUT2D eigenvalue weighted by Gasteiger charge is -2.33. The first-order valence-electron chi connectivity index (χ1n) is 13.1. The SMILES string of the molecule is COc1cccc(CN(C(=O)CN(c2ccc(F)c(F)c2)S(C)(=O)=O)C(Cc2ccccc2)C(=O)NCC(C)C)c1. The maximum Gasteiger partial charge on any atom is 0.244 e. The van der Waals surface area contributed by atoms with E-state index in [4.69, 9.17) is 4.74 Å². The van der Waals surface area contributed by atoms with Crippen molar-refractivity contribution in [3.8, 4) is 5.75 Å². The smallest absolute Gasteiger partial charge is 0.244 e. The van der Waals surface area contributed by atoms with E-state index >= 15 is 0 Å². The number of nitrogens with one attached hydrogen (secondary N) is 1. The molecule has 1 atom stereocenters. The Morgan fingerprint density at radius 3 is 2.22 bits per heavy atom. The zero-order valence-electron chi connectivity index (χ0n) is 23.5. The van der Waals surface area contributed by atoms with Gasteiger partial charge in [-0.2, -0.15) is 0 Å². The number of hydrogen-bond donors (Lipinski definition) is 1. The van der Waals surface area contributed by atoms with E-state index in [0.717, 1.165) is 24.0 Å². The molecular weight excluding hydrogens is 552 g/mol. The van der Waals surface area contributed by atoms with Crippen molar-refractivity contribution in [3.05, 3.63) is 95.6 Å². The topological polar surface area (TPSA) is 96.0 Å². The van der Waals surface area contributed by atoms with Crippen molar-refractivity contribution in [2.24, 2.45) is 5.92 Å². The van der Waals surface area contributed by atoms with Gasteiger partial charge < -0.3 is 15.0 Å². The quantitative estimate of drug-likeness (QED) is 0.324. The Balaban J connectivity index is 2.07. The van der Waals surface area contributed by atoms with E-state index in [1.54, 1.807) is 24.3 Å². The third kappa shape index (κ3) is 9.01. The highest BCUT2D eigenvalue weighted by atomic mass is 32.2. The fourth-order valence-electron chi connectivity index (χ4n) is 4.20. The number of amides is 2. The molecule has 0 radical (unpaired) electrons. The molecule has 0 aliphatic carbocycles. The number of rotatable bonds is 13. The Kier molecular flexibility index (Phi) is 10.8. The van der Waals surface area contributed by atoms with Crippen molar-refractivity contribution >= 4 is 27.5 Å². The fourth-order valence-corrected chi connectivity index (χ4v) is 5.04. The van der Waals surface area contributed by atoms with Crippen LogP contribution in [0.3, 0.4) is 0 Å². The Hall–Kier alpha value is -3.99. The number of carbonyl (C=O) groups is 2. The monoisotopic (exact) mass is 587 g/mol. The van der Waals surface area contributed by atoms with Crippen molar-refractivity contribution in [3.63, 3.8) is 0 Å². The molecule has 220 valence electrons. The third-order valence-corrected chi connectivity index (χ3v) is 7.45. The average Bonchev–Trinajstić information content (AvgIpc) is 2.93. The van der Waals surface area contributed by atoms with Crippen molar-refractivity contribution in [2.45, 2.75) is 32.9 Å². The molecule has 11 heteroatoms. The van der Waals surface area contributed by atoms with Crippen LogP contribution in [0.5, 0.6) is 5.75 Å². The van der Waals surface area contributed by atoms with E-state index in [1.165, 1.54) is 12.0 Å². The van der Waals surface area contributed by atoms with E-state index in [0.29, 0.717) is 28.2 Å². The summed E-state index contributed by atoms with van der Waals surface area (Å²) in [5.74, 6) is -2.84. The van der Waals surface area contributed by atoms with Crippen LogP contribution in [0.1, 0.15) is 25.0 Å². The van der Waals surface area contributed by atoms with Gasteiger partial charge in [-0.25, -0.2) is 17.2 Å². The molecule has 0 aliphatic heterocycles. The first kappa shape index (κ1) is 31.5. The summed E-state index contributed by atoms with van der Waals surface area (Å²) in [7, 11) is -2.60. The number of hydrogen-bond acceptors (Lipinski definition) is 5. The highest BCUT2D eigenvalue weighted by Crippen LogP contribution is 2.23. The number of nitrogens with zero attached hydrogens (tertiary/aromatic N) is 2. The molecule has 0 saturated heterocycles. The molecule has 3 aromatic rings. The van der Waals surface area contributed by atoms with Crippen LogP contribution in [0, 0.1) is 17.6 Å². The second-order valence-corrected chi connectivity index (χ2v) is 12.0. The molecule has 3 rings (SSSR count). The molecule has 0 saturated carbocycles. The Morgan fingerprint density at radius 2 is 1.61 bits per heavy atom. The molecule has 0 spiro atoms. The predicted octanol–water partition coefficient (Wildman–Crippen LogP) is 4.15. The number of methoxy groups -OCH3 is 1. The molecule has 2 amide bonds. The molecule has 8 nitrogen and oxygen atoms in total. The second-order valence-electron chi connectivity index (χ2n) is 10.1. The van der Waals surface area contributed by atoms with Gasteiger partial charge in [-0.3, -0.25) is 13.9 Å². The Bertz CT molecular complexity index is 1450. The normalized spacial score (nSPS) is 12.1. The number of carbonyl (C=O) groups excluding carboxylic acids is 2. The van der Waals surface area contributed by atoms with Crippen molar-refractivity contribution < 1.29 is 31.5 Å². The summed E-state index contributed by atoms with van der Waals surface area (Å²) in [6.45, 7) is 3.47. The number of benzene rings is 3. The number of ether oxygens (including phenoxy) is 1. The van der Waals surface area contributed by atoms with E-state index < -0.39 is 46.1 Å². The van der Waals surface area contributed by atoms with Gasteiger partial charge >= 0.3 is 0 Å². The molecular formula is C30H35F2N3O5S. The maximum absolute atomic E-state index is 14.1. The standard InChI is InChI=1S/C30H35F2N3O5S/c1-21(2)18-33-30(37)28(16-22-9-6-5-7-10-22)34(19-23-11-8-12-25(15-23)40-3)29(36)20-35(41(4,38)39)24-13-14-26(31)27(32)17-24/h5-15,17,21,28H,16,18-20H2,1-4H3,(H,33,37). The van der Waals surface area contributed by atoms with Crippen LogP contribution < -0.4 is 14.4 Å². The highest BCUT2D eigenvalue weighted by Gasteiger charge is 2.33. The zero-order valence-corrected chi connectivity index (χ0v) is 24.3. The van der Waals surface area contributed by atoms with Gasteiger partial charge in [0.25, 0.3) is 0 Å². The summed E-state index contributed by atoms with van der Waals surface area (Å²) >= 11 is 0. The lowest BCUT2D eigenvalue weighted by atomic mass is 10.0. The van der Waals surface area contributed by atoms with Gasteiger partial charge in [0.2, 0.25) is 21.8 Å². The molecule has 41 heavy (non-hydrogen) atoms. The minimum atomic E-state index is -4.11. The molecule has 0 aliphatic rings. The van der Waals surface area contributed by atoms with Crippen LogP contribution in [0.25, 0.3) is 0 Å². The summed E-state index contributed by atoms with van der Waals surface area (Å²) in [5, 5.41) is 2.89. The first-order valence-corrected chi connectivity index (χ1v) is 14.9. The van der Waals surface area contributed by atoms with Gasteiger partial charge in [0.05, 0.1) is 19.1 Å². The largest absolute Gasteiger partial charge is 0.497 e. The minimum absolute atomic E-state index is 0.0436. The molecule has 0 heterocycles. The van der Waals surface area contributed by atoms with Crippen LogP contribution in [0.15, 0.2) is 72.8 Å². The predicted molar refractivity (Wildman–Crippen MR) is 154 cm³/mol. The van der Waals surface area contributed by atoms with Crippen molar-refractivity contribution in [1.29, 1.82) is 0 Å². The molecule has 1 N–H and O–H groups in total. The summed E-state index contributed by atoms with van der Waals surface area (Å²) in [5.41, 5.74) is 1.22. The molecule has 1 unspecified atom stereocenters. The van der Waals surface area contributed by atoms with Crippen LogP contribution >= 0.6 is 0 Å². The molecule has 0 aromatic heterocycles. The zero-order chi connectivity index (χ0) is 30.2. The van der Waals surface area contributed by atoms with Crippen LogP contribution in [-0.4, -0.2) is 57.6 Å². The summed E-state index contributed by atoms with van der Waals surface area (Å²) in [6.07, 6.45) is 1.02. The van der Waals surface area contributed by atoms with Crippen molar-refractivity contribution in [1.82, 2.24) is 10.2 Å². The molecule has 0 fully saturated rings. The van der Waals surface area contributed by atoms with Gasteiger partial charge in [-0.05, 0) is 41.3 Å². The highest BCUT2D eigenvalue weighted by molar-refractivity contribution is 7.92. The van der Waals surface area contributed by atoms with Crippen LogP contribution in [-0.2, 0) is 32.6 Å². The lowest BCUT2D eigenvalue weighted by molar-refractivity contribution is -0.140. The Morgan fingerprint density at radius 1 is 0.927 bits per heavy atom. The van der Waals surface area contributed by atoms with E-state index in [1.807, 2.05) is 44.2 Å². The average molecular weight is 588 g/mol. The second kappa shape index (κ2) is 14.1. The van der Waals surface area contributed by atoms with E-state index in [2.05, 4.69) is 5.32 Å². The van der Waals surface area contributed by atoms with Gasteiger partial charge in [0.1, 0.15) is 18.3 Å². The maximum atomic E-state index is 14.1. The van der Waals surface area contributed by atoms with E-state index in [-0.39, 0.29) is 24.6 Å². The number of halogens is 2. The van der Waals surface area contributed by atoms with Gasteiger partial charge in [0, 0.05) is 25.6 Å². The van der Waals surface area contributed by atoms with Gasteiger partial charge in [-0.15, -0.1) is 0 Å². The first-order chi connectivity index (χ1) is 19.4. The lowest BCUT2D eigenvalue weighted by Crippen LogP contribution is -2.53. The van der Waals surface area contributed by atoms with Crippen molar-refractivity contribution in [2.75, 3.05) is 30.8 Å². The summed E-state index contributed by atoms with van der Waals surface area (Å²) in [4.78, 5) is 28.9. The fraction of sp³-hybridized carbons (Fsp3) is 0.333. The van der Waals surface area contributed by atoms with Crippen LogP contribution in [0.4, 0.5) is 14.5 Å². The van der Waals surface area contributed by atoms with Gasteiger partial charge in [0.15, 0.2) is 11.6 Å². The number of sulfonamides is 1. The summed E-state index contributed by atoms with van der Waals surface area (Å²) in [6, 6.07) is 17.7. The summed E-state index contributed by atoms with van der Waals surface area (Å²) < 4.78 is 59.2.